The molecule has 7 nitrogen and oxygen atoms in total. The number of ether oxygens (including phenoxy) is 2. The number of anilines is 1. The second-order valence-corrected chi connectivity index (χ2v) is 10.7. The van der Waals surface area contributed by atoms with Crippen molar-refractivity contribution in [3.63, 3.8) is 0 Å². The second kappa shape index (κ2) is 14.2. The molecule has 0 aliphatic carbocycles. The van der Waals surface area contributed by atoms with Gasteiger partial charge in [-0.3, -0.25) is 9.69 Å². The van der Waals surface area contributed by atoms with Gasteiger partial charge in [0.2, 0.25) is 5.43 Å². The van der Waals surface area contributed by atoms with Crippen molar-refractivity contribution < 1.29 is 23.0 Å². The number of carbonyl (C=O) groups is 1. The molecule has 9 heteroatoms. The lowest BCUT2D eigenvalue weighted by Gasteiger charge is -2.22. The number of hydrogen-bond donors (Lipinski definition) is 1. The van der Waals surface area contributed by atoms with Crippen molar-refractivity contribution >= 4 is 22.6 Å². The van der Waals surface area contributed by atoms with Gasteiger partial charge in [0, 0.05) is 42.6 Å². The average molecular weight is 612 g/mol. The van der Waals surface area contributed by atoms with Gasteiger partial charge < -0.3 is 19.4 Å². The maximum atomic E-state index is 14.8. The van der Waals surface area contributed by atoms with Crippen LogP contribution >= 0.6 is 0 Å². The van der Waals surface area contributed by atoms with Gasteiger partial charge in [-0.05, 0) is 75.0 Å². The summed E-state index contributed by atoms with van der Waals surface area (Å²) >= 11 is 0. The van der Waals surface area contributed by atoms with Crippen molar-refractivity contribution in [1.29, 1.82) is 0 Å². The molecule has 0 atom stereocenters. The van der Waals surface area contributed by atoms with Crippen LogP contribution in [0.4, 0.5) is 14.5 Å². The lowest BCUT2D eigenvalue weighted by molar-refractivity contribution is 0.0524. The summed E-state index contributed by atoms with van der Waals surface area (Å²) in [6.07, 6.45) is 1.31. The fourth-order valence-corrected chi connectivity index (χ4v) is 5.31. The largest absolute Gasteiger partial charge is 0.462 e. The molecule has 0 unspecified atom stereocenters. The molecule has 232 valence electrons. The number of hydrogen-bond acceptors (Lipinski definition) is 6. The van der Waals surface area contributed by atoms with E-state index in [0.29, 0.717) is 29.1 Å². The quantitative estimate of drug-likeness (QED) is 0.149. The first kappa shape index (κ1) is 31.4. The molecule has 5 rings (SSSR count). The Bertz CT molecular complexity index is 1840. The zero-order valence-electron chi connectivity index (χ0n) is 25.5. The van der Waals surface area contributed by atoms with E-state index in [2.05, 4.69) is 5.32 Å². The van der Waals surface area contributed by atoms with Gasteiger partial charge in [-0.15, -0.1) is 0 Å². The summed E-state index contributed by atoms with van der Waals surface area (Å²) < 4.78 is 42.7. The molecule has 4 aromatic carbocycles. The molecule has 0 saturated carbocycles. The Balaban J connectivity index is 1.70. The number of benzene rings is 4. The van der Waals surface area contributed by atoms with Crippen molar-refractivity contribution in [3.8, 4) is 11.5 Å². The van der Waals surface area contributed by atoms with Crippen LogP contribution < -0.4 is 15.5 Å². The van der Waals surface area contributed by atoms with Crippen LogP contribution in [-0.4, -0.2) is 35.6 Å². The zero-order valence-corrected chi connectivity index (χ0v) is 25.5. The van der Waals surface area contributed by atoms with Gasteiger partial charge in [-0.25, -0.2) is 13.6 Å². The number of pyridine rings is 1. The van der Waals surface area contributed by atoms with E-state index >= 15 is 0 Å². The summed E-state index contributed by atoms with van der Waals surface area (Å²) in [7, 11) is 1.92. The van der Waals surface area contributed by atoms with Crippen molar-refractivity contribution in [2.45, 2.75) is 33.5 Å². The van der Waals surface area contributed by atoms with Crippen molar-refractivity contribution in [2.75, 3.05) is 25.5 Å². The smallest absolute Gasteiger partial charge is 0.343 e. The lowest BCUT2D eigenvalue weighted by atomic mass is 10.0. The lowest BCUT2D eigenvalue weighted by Crippen LogP contribution is -2.24. The van der Waals surface area contributed by atoms with Crippen LogP contribution in [0.3, 0.4) is 0 Å². The molecule has 1 N–H and O–H groups in total. The van der Waals surface area contributed by atoms with Crippen LogP contribution in [0.2, 0.25) is 0 Å². The molecule has 0 bridgehead atoms. The SMILES string of the molecule is CCNc1ccc(Oc2ccc3c(c2CN(C)Cc2ccccc2)c(=O)c(C(=O)OCC)cn3Cc2c(F)cccc2F)cc1. The van der Waals surface area contributed by atoms with E-state index in [0.717, 1.165) is 17.8 Å². The number of carbonyl (C=O) groups excluding carboxylic acids is 1. The van der Waals surface area contributed by atoms with Crippen LogP contribution in [0.15, 0.2) is 95.9 Å². The molecule has 0 aliphatic rings. The summed E-state index contributed by atoms with van der Waals surface area (Å²) in [4.78, 5) is 29.2. The van der Waals surface area contributed by atoms with Crippen LogP contribution in [-0.2, 0) is 24.4 Å². The van der Waals surface area contributed by atoms with E-state index in [1.807, 2.05) is 73.5 Å². The molecule has 1 aromatic heterocycles. The van der Waals surface area contributed by atoms with Gasteiger partial charge in [0.25, 0.3) is 0 Å². The van der Waals surface area contributed by atoms with Crippen LogP contribution in [0.25, 0.3) is 10.9 Å². The van der Waals surface area contributed by atoms with Gasteiger partial charge in [0.15, 0.2) is 0 Å². The summed E-state index contributed by atoms with van der Waals surface area (Å²) in [5.41, 5.74) is 1.95. The first-order valence-electron chi connectivity index (χ1n) is 14.8. The third-order valence-corrected chi connectivity index (χ3v) is 7.39. The molecule has 1 heterocycles. The van der Waals surface area contributed by atoms with Crippen molar-refractivity contribution in [1.82, 2.24) is 9.47 Å². The second-order valence-electron chi connectivity index (χ2n) is 10.7. The zero-order chi connectivity index (χ0) is 31.9. The van der Waals surface area contributed by atoms with E-state index in [4.69, 9.17) is 9.47 Å². The van der Waals surface area contributed by atoms with E-state index < -0.39 is 23.0 Å². The fourth-order valence-electron chi connectivity index (χ4n) is 5.31. The molecule has 0 spiro atoms. The Morgan fingerprint density at radius 1 is 0.867 bits per heavy atom. The first-order chi connectivity index (χ1) is 21.8. The third-order valence-electron chi connectivity index (χ3n) is 7.39. The minimum Gasteiger partial charge on any atom is -0.462 e. The topological polar surface area (TPSA) is 72.8 Å². The van der Waals surface area contributed by atoms with Crippen LogP contribution in [0.5, 0.6) is 11.5 Å². The molecule has 45 heavy (non-hydrogen) atoms. The maximum Gasteiger partial charge on any atom is 0.343 e. The molecule has 0 radical (unpaired) electrons. The molecule has 0 aliphatic heterocycles. The Kier molecular flexibility index (Phi) is 9.89. The number of nitrogens with one attached hydrogen (secondary N) is 1. The van der Waals surface area contributed by atoms with E-state index in [9.17, 15) is 18.4 Å². The van der Waals surface area contributed by atoms with Gasteiger partial charge in [0.1, 0.15) is 28.7 Å². The number of rotatable bonds is 12. The van der Waals surface area contributed by atoms with E-state index in [-0.39, 0.29) is 36.2 Å². The van der Waals surface area contributed by atoms with Crippen LogP contribution in [0, 0.1) is 11.6 Å². The third kappa shape index (κ3) is 7.21. The maximum absolute atomic E-state index is 14.8. The molecule has 5 aromatic rings. The molecular formula is C36H35F2N3O4. The highest BCUT2D eigenvalue weighted by atomic mass is 19.1. The standard InChI is InChI=1S/C36H35F2N3O4/c1-4-39-25-14-16-26(17-15-25)45-33-19-18-32-34(28(33)21-40(3)20-24-10-7-6-8-11-24)35(42)29(36(43)44-5-2)23-41(32)22-27-30(37)12-9-13-31(27)38/h6-19,23,39H,4-5,20-22H2,1-3H3. The first-order valence-corrected chi connectivity index (χ1v) is 14.8. The molecule has 0 amide bonds. The van der Waals surface area contributed by atoms with Gasteiger partial charge in [-0.1, -0.05) is 36.4 Å². The average Bonchev–Trinajstić information content (AvgIpc) is 3.02. The Morgan fingerprint density at radius 2 is 1.58 bits per heavy atom. The molecule has 0 saturated heterocycles. The van der Waals surface area contributed by atoms with Gasteiger partial charge in [0.05, 0.1) is 24.1 Å². The highest BCUT2D eigenvalue weighted by molar-refractivity contribution is 5.95. The minimum atomic E-state index is -0.818. The Hall–Kier alpha value is -5.02. The number of fused-ring (bicyclic) bond motifs is 1. The molecular weight excluding hydrogens is 576 g/mol. The van der Waals surface area contributed by atoms with Crippen molar-refractivity contribution in [2.24, 2.45) is 0 Å². The Morgan fingerprint density at radius 3 is 2.24 bits per heavy atom. The highest BCUT2D eigenvalue weighted by Crippen LogP contribution is 2.33. The number of nitrogens with zero attached hydrogens (tertiary/aromatic N) is 2. The van der Waals surface area contributed by atoms with Crippen LogP contribution in [0.1, 0.15) is 40.9 Å². The summed E-state index contributed by atoms with van der Waals surface area (Å²) in [6, 6.07) is 24.4. The van der Waals surface area contributed by atoms with Gasteiger partial charge in [-0.2, -0.15) is 0 Å². The number of aromatic nitrogens is 1. The normalized spacial score (nSPS) is 11.2. The monoisotopic (exact) mass is 611 g/mol. The van der Waals surface area contributed by atoms with Crippen molar-refractivity contribution in [3.05, 3.63) is 135 Å². The number of esters is 1. The molecule has 0 fully saturated rings. The highest BCUT2D eigenvalue weighted by Gasteiger charge is 2.23. The van der Waals surface area contributed by atoms with E-state index in [1.165, 1.54) is 29.0 Å². The minimum absolute atomic E-state index is 0.0525. The fraction of sp³-hybridized carbons (Fsp3) is 0.222. The summed E-state index contributed by atoms with van der Waals surface area (Å²) in [5, 5.41) is 3.46. The van der Waals surface area contributed by atoms with E-state index in [1.54, 1.807) is 19.1 Å². The summed E-state index contributed by atoms with van der Waals surface area (Å²) in [5.74, 6) is -1.31. The number of halogens is 2. The van der Waals surface area contributed by atoms with Gasteiger partial charge >= 0.3 is 5.97 Å². The summed E-state index contributed by atoms with van der Waals surface area (Å²) in [6.45, 7) is 5.06. The Labute approximate surface area is 260 Å². The predicted molar refractivity (Wildman–Crippen MR) is 172 cm³/mol. The predicted octanol–water partition coefficient (Wildman–Crippen LogP) is 7.36.